The quantitative estimate of drug-likeness (QED) is 0.779. The van der Waals surface area contributed by atoms with Gasteiger partial charge in [0.05, 0.1) is 7.11 Å². The van der Waals surface area contributed by atoms with Gasteiger partial charge >= 0.3 is 0 Å². The molecule has 1 N–H and O–H groups in total. The molecule has 1 aliphatic rings. The van der Waals surface area contributed by atoms with E-state index in [2.05, 4.69) is 18.5 Å². The molecule has 0 saturated carbocycles. The van der Waals surface area contributed by atoms with Crippen LogP contribution in [0.1, 0.15) is 18.9 Å². The minimum Gasteiger partial charge on any atom is -0.493 e. The highest BCUT2D eigenvalue weighted by Crippen LogP contribution is 2.41. The van der Waals surface area contributed by atoms with E-state index in [1.807, 2.05) is 23.9 Å². The lowest BCUT2D eigenvalue weighted by Crippen LogP contribution is -2.17. The van der Waals surface area contributed by atoms with Gasteiger partial charge in [0.1, 0.15) is 0 Å². The van der Waals surface area contributed by atoms with Crippen molar-refractivity contribution in [3.05, 3.63) is 17.7 Å². The molecule has 1 aromatic rings. The molecule has 1 atom stereocenters. The third kappa shape index (κ3) is 3.70. The number of rotatable bonds is 7. The van der Waals surface area contributed by atoms with Crippen LogP contribution in [0.5, 0.6) is 17.2 Å². The molecule has 0 radical (unpaired) electrons. The summed E-state index contributed by atoms with van der Waals surface area (Å²) in [6, 6.07) is 4.01. The molecule has 1 heterocycles. The molecule has 1 aromatic carbocycles. The molecular weight excluding hydrogens is 262 g/mol. The highest BCUT2D eigenvalue weighted by atomic mass is 32.2. The molecule has 1 unspecified atom stereocenters. The number of hydrogen-bond acceptors (Lipinski definition) is 5. The van der Waals surface area contributed by atoms with Crippen LogP contribution >= 0.6 is 11.8 Å². The molecule has 0 bridgehead atoms. The SMILES string of the molecule is COc1cc(CNCCC(C)SC)cc2c1OCO2. The van der Waals surface area contributed by atoms with E-state index < -0.39 is 0 Å². The molecule has 106 valence electrons. The fourth-order valence-corrected chi connectivity index (χ4v) is 2.30. The smallest absolute Gasteiger partial charge is 0.231 e. The van der Waals surface area contributed by atoms with E-state index >= 15 is 0 Å². The lowest BCUT2D eigenvalue weighted by atomic mass is 10.2. The van der Waals surface area contributed by atoms with Crippen molar-refractivity contribution in [1.29, 1.82) is 0 Å². The summed E-state index contributed by atoms with van der Waals surface area (Å²) < 4.78 is 16.1. The summed E-state index contributed by atoms with van der Waals surface area (Å²) in [4.78, 5) is 0. The van der Waals surface area contributed by atoms with Gasteiger partial charge in [-0.05, 0) is 36.9 Å². The first-order valence-electron chi connectivity index (χ1n) is 6.44. The fourth-order valence-electron chi connectivity index (χ4n) is 1.94. The van der Waals surface area contributed by atoms with Gasteiger partial charge in [-0.25, -0.2) is 0 Å². The summed E-state index contributed by atoms with van der Waals surface area (Å²) in [7, 11) is 1.65. The summed E-state index contributed by atoms with van der Waals surface area (Å²) in [5, 5.41) is 4.14. The second-order valence-corrected chi connectivity index (χ2v) is 5.82. The van der Waals surface area contributed by atoms with Gasteiger partial charge in [0.15, 0.2) is 11.5 Å². The normalized spacial score (nSPS) is 14.5. The Morgan fingerprint density at radius 3 is 3.00 bits per heavy atom. The molecule has 0 fully saturated rings. The van der Waals surface area contributed by atoms with Gasteiger partial charge in [0.2, 0.25) is 12.5 Å². The highest BCUT2D eigenvalue weighted by Gasteiger charge is 2.19. The largest absolute Gasteiger partial charge is 0.493 e. The molecular formula is C14H21NO3S. The van der Waals surface area contributed by atoms with Crippen LogP contribution in [0.3, 0.4) is 0 Å². The van der Waals surface area contributed by atoms with E-state index in [9.17, 15) is 0 Å². The summed E-state index contributed by atoms with van der Waals surface area (Å²) in [6.07, 6.45) is 3.32. The lowest BCUT2D eigenvalue weighted by Gasteiger charge is -2.11. The Labute approximate surface area is 118 Å². The van der Waals surface area contributed by atoms with Gasteiger partial charge < -0.3 is 19.5 Å². The van der Waals surface area contributed by atoms with E-state index in [-0.39, 0.29) is 6.79 Å². The van der Waals surface area contributed by atoms with Crippen molar-refractivity contribution in [2.45, 2.75) is 25.1 Å². The Kier molecular flexibility index (Phi) is 5.22. The van der Waals surface area contributed by atoms with Crippen molar-refractivity contribution >= 4 is 11.8 Å². The van der Waals surface area contributed by atoms with Crippen molar-refractivity contribution in [3.8, 4) is 17.2 Å². The van der Waals surface area contributed by atoms with Gasteiger partial charge in [0, 0.05) is 11.8 Å². The fraction of sp³-hybridized carbons (Fsp3) is 0.571. The maximum atomic E-state index is 5.41. The van der Waals surface area contributed by atoms with Crippen LogP contribution in [-0.2, 0) is 6.54 Å². The number of ether oxygens (including phenoxy) is 3. The number of fused-ring (bicyclic) bond motifs is 1. The molecule has 0 amide bonds. The van der Waals surface area contributed by atoms with Crippen molar-refractivity contribution in [3.63, 3.8) is 0 Å². The third-order valence-corrected chi connectivity index (χ3v) is 4.22. The van der Waals surface area contributed by atoms with Crippen molar-refractivity contribution in [1.82, 2.24) is 5.32 Å². The second kappa shape index (κ2) is 6.91. The average Bonchev–Trinajstić information content (AvgIpc) is 2.90. The lowest BCUT2D eigenvalue weighted by molar-refractivity contribution is 0.171. The maximum absolute atomic E-state index is 5.41. The molecule has 19 heavy (non-hydrogen) atoms. The van der Waals surface area contributed by atoms with Crippen molar-refractivity contribution in [2.75, 3.05) is 26.7 Å². The first-order chi connectivity index (χ1) is 9.24. The predicted octanol–water partition coefficient (Wildman–Crippen LogP) is 2.66. The zero-order chi connectivity index (χ0) is 13.7. The Hall–Kier alpha value is -1.07. The van der Waals surface area contributed by atoms with Gasteiger partial charge in [0.25, 0.3) is 0 Å². The molecule has 0 saturated heterocycles. The molecule has 0 aromatic heterocycles. The Bertz CT molecular complexity index is 425. The minimum absolute atomic E-state index is 0.272. The van der Waals surface area contributed by atoms with Crippen LogP contribution in [0.2, 0.25) is 0 Å². The maximum Gasteiger partial charge on any atom is 0.231 e. The molecule has 2 rings (SSSR count). The predicted molar refractivity (Wildman–Crippen MR) is 78.4 cm³/mol. The molecule has 0 spiro atoms. The number of methoxy groups -OCH3 is 1. The topological polar surface area (TPSA) is 39.7 Å². The van der Waals surface area contributed by atoms with E-state index in [1.54, 1.807) is 7.11 Å². The monoisotopic (exact) mass is 283 g/mol. The Morgan fingerprint density at radius 2 is 2.26 bits per heavy atom. The van der Waals surface area contributed by atoms with E-state index in [0.717, 1.165) is 30.2 Å². The van der Waals surface area contributed by atoms with Gasteiger partial charge in [-0.3, -0.25) is 0 Å². The minimum atomic E-state index is 0.272. The second-order valence-electron chi connectivity index (χ2n) is 4.54. The van der Waals surface area contributed by atoms with Crippen LogP contribution in [0.4, 0.5) is 0 Å². The standard InChI is InChI=1S/C14H21NO3S/c1-10(19-3)4-5-15-8-11-6-12(16-2)14-13(7-11)17-9-18-14/h6-7,10,15H,4-5,8-9H2,1-3H3. The van der Waals surface area contributed by atoms with E-state index in [0.29, 0.717) is 11.0 Å². The molecule has 4 nitrogen and oxygen atoms in total. The third-order valence-electron chi connectivity index (χ3n) is 3.18. The van der Waals surface area contributed by atoms with E-state index in [1.165, 1.54) is 6.42 Å². The summed E-state index contributed by atoms with van der Waals surface area (Å²) in [6.45, 7) is 4.34. The van der Waals surface area contributed by atoms with Crippen LogP contribution in [-0.4, -0.2) is 32.0 Å². The van der Waals surface area contributed by atoms with E-state index in [4.69, 9.17) is 14.2 Å². The number of nitrogens with one attached hydrogen (secondary N) is 1. The zero-order valence-electron chi connectivity index (χ0n) is 11.7. The number of thioether (sulfide) groups is 1. The van der Waals surface area contributed by atoms with Crippen molar-refractivity contribution in [2.24, 2.45) is 0 Å². The number of benzene rings is 1. The average molecular weight is 283 g/mol. The molecule has 5 heteroatoms. The van der Waals surface area contributed by atoms with Crippen LogP contribution in [0.15, 0.2) is 12.1 Å². The van der Waals surface area contributed by atoms with Crippen LogP contribution in [0.25, 0.3) is 0 Å². The highest BCUT2D eigenvalue weighted by molar-refractivity contribution is 7.99. The Morgan fingerprint density at radius 1 is 1.42 bits per heavy atom. The van der Waals surface area contributed by atoms with Gasteiger partial charge in [-0.2, -0.15) is 11.8 Å². The van der Waals surface area contributed by atoms with Crippen LogP contribution in [0, 0.1) is 0 Å². The number of hydrogen-bond donors (Lipinski definition) is 1. The summed E-state index contributed by atoms with van der Waals surface area (Å²) in [5.74, 6) is 2.22. The molecule has 1 aliphatic heterocycles. The van der Waals surface area contributed by atoms with Crippen molar-refractivity contribution < 1.29 is 14.2 Å². The summed E-state index contributed by atoms with van der Waals surface area (Å²) >= 11 is 1.90. The first kappa shape index (κ1) is 14.3. The van der Waals surface area contributed by atoms with Gasteiger partial charge in [-0.1, -0.05) is 6.92 Å². The first-order valence-corrected chi connectivity index (χ1v) is 7.73. The zero-order valence-corrected chi connectivity index (χ0v) is 12.5. The summed E-state index contributed by atoms with van der Waals surface area (Å²) in [5.41, 5.74) is 1.15. The van der Waals surface area contributed by atoms with Crippen LogP contribution < -0.4 is 19.5 Å². The molecule has 0 aliphatic carbocycles. The van der Waals surface area contributed by atoms with Gasteiger partial charge in [-0.15, -0.1) is 0 Å². The Balaban J connectivity index is 1.90.